The average molecular weight is 229 g/mol. The van der Waals surface area contributed by atoms with E-state index in [1.165, 1.54) is 4.90 Å². The van der Waals surface area contributed by atoms with Crippen LogP contribution in [-0.2, 0) is 9.53 Å². The van der Waals surface area contributed by atoms with Crippen molar-refractivity contribution in [2.75, 3.05) is 6.54 Å². The lowest BCUT2D eigenvalue weighted by Crippen LogP contribution is -2.43. The standard InChI is InChI=1S/C11H19NO4/c1-7-5-8(9(13)14)12(6-7)10(15)16-11(2,3)4/h7-8H,5-6H2,1-4H3,(H,13,14)/t7-,8?/m0/s1. The summed E-state index contributed by atoms with van der Waals surface area (Å²) < 4.78 is 5.17. The second kappa shape index (κ2) is 4.31. The minimum absolute atomic E-state index is 0.202. The van der Waals surface area contributed by atoms with Crippen LogP contribution in [0.3, 0.4) is 0 Å². The van der Waals surface area contributed by atoms with Gasteiger partial charge in [-0.15, -0.1) is 0 Å². The second-order valence-corrected chi connectivity index (χ2v) is 5.33. The van der Waals surface area contributed by atoms with Crippen molar-refractivity contribution >= 4 is 12.1 Å². The fraction of sp³-hybridized carbons (Fsp3) is 0.818. The molecule has 0 aromatic rings. The highest BCUT2D eigenvalue weighted by Gasteiger charge is 2.39. The molecule has 16 heavy (non-hydrogen) atoms. The van der Waals surface area contributed by atoms with Gasteiger partial charge in [-0.2, -0.15) is 0 Å². The first-order valence-electron chi connectivity index (χ1n) is 5.43. The van der Waals surface area contributed by atoms with Crippen molar-refractivity contribution in [3.05, 3.63) is 0 Å². The molecule has 1 aliphatic rings. The summed E-state index contributed by atoms with van der Waals surface area (Å²) in [7, 11) is 0. The average Bonchev–Trinajstić information content (AvgIpc) is 2.44. The van der Waals surface area contributed by atoms with E-state index in [1.54, 1.807) is 20.8 Å². The van der Waals surface area contributed by atoms with E-state index in [4.69, 9.17) is 9.84 Å². The lowest BCUT2D eigenvalue weighted by molar-refractivity contribution is -0.142. The Bertz CT molecular complexity index is 295. The second-order valence-electron chi connectivity index (χ2n) is 5.33. The molecule has 1 rings (SSSR count). The molecule has 5 heteroatoms. The summed E-state index contributed by atoms with van der Waals surface area (Å²) in [6.07, 6.45) is -0.0431. The zero-order chi connectivity index (χ0) is 12.5. The molecule has 0 aromatic carbocycles. The Morgan fingerprint density at radius 3 is 2.38 bits per heavy atom. The molecule has 1 aliphatic heterocycles. The number of rotatable bonds is 1. The van der Waals surface area contributed by atoms with Gasteiger partial charge in [-0.05, 0) is 33.1 Å². The number of hydrogen-bond donors (Lipinski definition) is 1. The van der Waals surface area contributed by atoms with E-state index in [2.05, 4.69) is 0 Å². The third-order valence-electron chi connectivity index (χ3n) is 2.42. The van der Waals surface area contributed by atoms with E-state index in [9.17, 15) is 9.59 Å². The molecule has 0 aromatic heterocycles. The van der Waals surface area contributed by atoms with E-state index in [-0.39, 0.29) is 5.92 Å². The molecule has 1 fully saturated rings. The fourth-order valence-electron chi connectivity index (χ4n) is 1.80. The monoisotopic (exact) mass is 229 g/mol. The number of carboxylic acid groups (broad SMARTS) is 1. The molecule has 1 heterocycles. The number of aliphatic carboxylic acids is 1. The van der Waals surface area contributed by atoms with Gasteiger partial charge in [-0.25, -0.2) is 9.59 Å². The van der Waals surface area contributed by atoms with Crippen molar-refractivity contribution in [3.63, 3.8) is 0 Å². The van der Waals surface area contributed by atoms with Crippen LogP contribution in [0.4, 0.5) is 4.79 Å². The van der Waals surface area contributed by atoms with Crippen LogP contribution in [0.2, 0.25) is 0 Å². The number of ether oxygens (including phenoxy) is 1. The molecule has 92 valence electrons. The lowest BCUT2D eigenvalue weighted by Gasteiger charge is -2.26. The Kier molecular flexibility index (Phi) is 3.45. The lowest BCUT2D eigenvalue weighted by atomic mass is 10.1. The van der Waals surface area contributed by atoms with Crippen molar-refractivity contribution in [3.8, 4) is 0 Å². The van der Waals surface area contributed by atoms with E-state index >= 15 is 0 Å². The summed E-state index contributed by atoms with van der Waals surface area (Å²) >= 11 is 0. The predicted octanol–water partition coefficient (Wildman–Crippen LogP) is 1.72. The van der Waals surface area contributed by atoms with Gasteiger partial charge in [0.2, 0.25) is 0 Å². The Morgan fingerprint density at radius 2 is 1.94 bits per heavy atom. The number of carbonyl (C=O) groups excluding carboxylic acids is 1. The zero-order valence-corrected chi connectivity index (χ0v) is 10.2. The van der Waals surface area contributed by atoms with Crippen LogP contribution in [0, 0.1) is 5.92 Å². The summed E-state index contributed by atoms with van der Waals surface area (Å²) in [6, 6.07) is -0.746. The first-order valence-corrected chi connectivity index (χ1v) is 5.43. The van der Waals surface area contributed by atoms with Crippen molar-refractivity contribution in [2.24, 2.45) is 5.92 Å². The molecule has 0 saturated carbocycles. The van der Waals surface area contributed by atoms with E-state index in [0.717, 1.165) is 0 Å². The van der Waals surface area contributed by atoms with Crippen molar-refractivity contribution < 1.29 is 19.4 Å². The summed E-state index contributed by atoms with van der Waals surface area (Å²) in [5, 5.41) is 9.00. The van der Waals surface area contributed by atoms with Crippen molar-refractivity contribution in [2.45, 2.75) is 45.8 Å². The van der Waals surface area contributed by atoms with Crippen molar-refractivity contribution in [1.29, 1.82) is 0 Å². The Labute approximate surface area is 95.4 Å². The van der Waals surface area contributed by atoms with E-state index < -0.39 is 23.7 Å². The van der Waals surface area contributed by atoms with Gasteiger partial charge in [0.25, 0.3) is 0 Å². The number of amides is 1. The zero-order valence-electron chi connectivity index (χ0n) is 10.2. The quantitative estimate of drug-likeness (QED) is 0.743. The Morgan fingerprint density at radius 1 is 1.38 bits per heavy atom. The minimum Gasteiger partial charge on any atom is -0.480 e. The van der Waals surface area contributed by atoms with Gasteiger partial charge in [0.15, 0.2) is 0 Å². The molecule has 1 N–H and O–H groups in total. The highest BCUT2D eigenvalue weighted by molar-refractivity contribution is 5.80. The highest BCUT2D eigenvalue weighted by atomic mass is 16.6. The molecular weight excluding hydrogens is 210 g/mol. The maximum absolute atomic E-state index is 11.8. The SMILES string of the molecule is C[C@H]1CC(C(=O)O)N(C(=O)OC(C)(C)C)C1. The third-order valence-corrected chi connectivity index (χ3v) is 2.42. The number of likely N-dealkylation sites (tertiary alicyclic amines) is 1. The Hall–Kier alpha value is -1.26. The van der Waals surface area contributed by atoms with Gasteiger partial charge in [0.1, 0.15) is 11.6 Å². The molecular formula is C11H19NO4. The van der Waals surface area contributed by atoms with E-state index in [0.29, 0.717) is 13.0 Å². The predicted molar refractivity (Wildman–Crippen MR) is 58.1 cm³/mol. The fourth-order valence-corrected chi connectivity index (χ4v) is 1.80. The van der Waals surface area contributed by atoms with Gasteiger partial charge in [-0.3, -0.25) is 4.90 Å². The van der Waals surface area contributed by atoms with Gasteiger partial charge in [0, 0.05) is 6.54 Å². The highest BCUT2D eigenvalue weighted by Crippen LogP contribution is 2.25. The molecule has 0 spiro atoms. The largest absolute Gasteiger partial charge is 0.480 e. The number of nitrogens with zero attached hydrogens (tertiary/aromatic N) is 1. The number of hydrogen-bond acceptors (Lipinski definition) is 3. The number of carbonyl (C=O) groups is 2. The van der Waals surface area contributed by atoms with Gasteiger partial charge in [0.05, 0.1) is 0 Å². The maximum atomic E-state index is 11.8. The van der Waals surface area contributed by atoms with Gasteiger partial charge in [-0.1, -0.05) is 6.92 Å². The number of carboxylic acids is 1. The third kappa shape index (κ3) is 3.12. The molecule has 1 amide bonds. The summed E-state index contributed by atoms with van der Waals surface area (Å²) in [4.78, 5) is 24.0. The smallest absolute Gasteiger partial charge is 0.411 e. The van der Waals surface area contributed by atoms with Crippen LogP contribution >= 0.6 is 0 Å². The molecule has 2 atom stereocenters. The normalized spacial score (nSPS) is 25.6. The van der Waals surface area contributed by atoms with Crippen LogP contribution in [0.25, 0.3) is 0 Å². The van der Waals surface area contributed by atoms with Gasteiger partial charge < -0.3 is 9.84 Å². The molecule has 1 saturated heterocycles. The summed E-state index contributed by atoms with van der Waals surface area (Å²) in [5.41, 5.74) is -0.591. The molecule has 0 radical (unpaired) electrons. The van der Waals surface area contributed by atoms with Crippen LogP contribution in [0.15, 0.2) is 0 Å². The summed E-state index contributed by atoms with van der Waals surface area (Å²) in [6.45, 7) is 7.67. The van der Waals surface area contributed by atoms with Crippen LogP contribution in [0.5, 0.6) is 0 Å². The first-order chi connectivity index (χ1) is 7.20. The Balaban J connectivity index is 2.71. The minimum atomic E-state index is -0.963. The maximum Gasteiger partial charge on any atom is 0.411 e. The van der Waals surface area contributed by atoms with Crippen molar-refractivity contribution in [1.82, 2.24) is 4.90 Å². The van der Waals surface area contributed by atoms with Gasteiger partial charge >= 0.3 is 12.1 Å². The van der Waals surface area contributed by atoms with Crippen LogP contribution < -0.4 is 0 Å². The molecule has 0 aliphatic carbocycles. The molecule has 5 nitrogen and oxygen atoms in total. The molecule has 1 unspecified atom stereocenters. The first kappa shape index (κ1) is 12.8. The van der Waals surface area contributed by atoms with Crippen LogP contribution in [0.1, 0.15) is 34.1 Å². The summed E-state index contributed by atoms with van der Waals surface area (Å²) in [5.74, 6) is -0.760. The molecule has 0 bridgehead atoms. The van der Waals surface area contributed by atoms with Crippen LogP contribution in [-0.4, -0.2) is 40.3 Å². The topological polar surface area (TPSA) is 66.8 Å². The van der Waals surface area contributed by atoms with E-state index in [1.807, 2.05) is 6.92 Å².